The van der Waals surface area contributed by atoms with Crippen LogP contribution in [-0.4, -0.2) is 16.3 Å². The van der Waals surface area contributed by atoms with E-state index in [0.717, 1.165) is 10.8 Å². The molecule has 5 heteroatoms. The number of nitrogens with one attached hydrogen (secondary N) is 1. The van der Waals surface area contributed by atoms with E-state index in [-0.39, 0.29) is 11.2 Å². The molecule has 0 bridgehead atoms. The number of rotatable bonds is 1. The highest BCUT2D eigenvalue weighted by atomic mass is 79.9. The van der Waals surface area contributed by atoms with Crippen molar-refractivity contribution in [2.45, 2.75) is 6.92 Å². The van der Waals surface area contributed by atoms with Gasteiger partial charge in [-0.1, -0.05) is 15.9 Å². The maximum atomic E-state index is 10.8. The van der Waals surface area contributed by atoms with E-state index < -0.39 is 0 Å². The summed E-state index contributed by atoms with van der Waals surface area (Å²) >= 11 is 3.02. The van der Waals surface area contributed by atoms with E-state index in [1.165, 1.54) is 0 Å². The van der Waals surface area contributed by atoms with Crippen molar-refractivity contribution in [3.63, 3.8) is 0 Å². The van der Waals surface area contributed by atoms with Gasteiger partial charge in [-0.2, -0.15) is 5.06 Å². The molecule has 0 radical (unpaired) electrons. The zero-order chi connectivity index (χ0) is 7.56. The third kappa shape index (κ3) is 1.48. The van der Waals surface area contributed by atoms with Crippen LogP contribution in [0.5, 0.6) is 0 Å². The SMILES string of the molecule is CC1=CN(C(=O)CBr)ON1. The number of carbonyl (C=O) groups is 1. The molecule has 0 saturated heterocycles. The summed E-state index contributed by atoms with van der Waals surface area (Å²) in [4.78, 5) is 15.6. The van der Waals surface area contributed by atoms with Crippen LogP contribution in [0.2, 0.25) is 0 Å². The Morgan fingerprint density at radius 2 is 2.70 bits per heavy atom. The van der Waals surface area contributed by atoms with E-state index in [4.69, 9.17) is 4.94 Å². The number of alkyl halides is 1. The molecule has 1 amide bonds. The van der Waals surface area contributed by atoms with Crippen molar-refractivity contribution < 1.29 is 9.73 Å². The van der Waals surface area contributed by atoms with Gasteiger partial charge in [0, 0.05) is 0 Å². The summed E-state index contributed by atoms with van der Waals surface area (Å²) in [6, 6.07) is 0. The second kappa shape index (κ2) is 3.03. The average Bonchev–Trinajstić information content (AvgIpc) is 2.34. The average molecular weight is 207 g/mol. The Balaban J connectivity index is 2.52. The van der Waals surface area contributed by atoms with Gasteiger partial charge in [-0.05, 0) is 6.92 Å². The number of hydroxylamine groups is 3. The summed E-state index contributed by atoms with van der Waals surface area (Å²) in [6.07, 6.45) is 1.59. The van der Waals surface area contributed by atoms with Gasteiger partial charge in [0.25, 0.3) is 5.91 Å². The van der Waals surface area contributed by atoms with Gasteiger partial charge >= 0.3 is 0 Å². The van der Waals surface area contributed by atoms with E-state index in [0.29, 0.717) is 0 Å². The topological polar surface area (TPSA) is 41.6 Å². The van der Waals surface area contributed by atoms with Crippen LogP contribution >= 0.6 is 15.9 Å². The molecule has 0 aromatic carbocycles. The van der Waals surface area contributed by atoms with E-state index >= 15 is 0 Å². The molecule has 1 aliphatic heterocycles. The molecule has 1 N–H and O–H groups in total. The largest absolute Gasteiger partial charge is 0.271 e. The van der Waals surface area contributed by atoms with Crippen molar-refractivity contribution >= 4 is 21.8 Å². The second-order valence-corrected chi connectivity index (χ2v) is 2.42. The smallest absolute Gasteiger partial charge is 0.262 e. The van der Waals surface area contributed by atoms with Gasteiger partial charge in [0.2, 0.25) is 0 Å². The zero-order valence-corrected chi connectivity index (χ0v) is 7.01. The zero-order valence-electron chi connectivity index (χ0n) is 5.43. The fourth-order valence-corrected chi connectivity index (χ4v) is 0.779. The molecule has 0 fully saturated rings. The summed E-state index contributed by atoms with van der Waals surface area (Å²) < 4.78 is 0. The molecular formula is C5H7BrN2O2. The number of hydrogen-bond acceptors (Lipinski definition) is 3. The maximum absolute atomic E-state index is 10.8. The molecule has 10 heavy (non-hydrogen) atoms. The Morgan fingerprint density at radius 1 is 2.00 bits per heavy atom. The number of halogens is 1. The van der Waals surface area contributed by atoms with Crippen LogP contribution < -0.4 is 5.48 Å². The summed E-state index contributed by atoms with van der Waals surface area (Å²) in [5.74, 6) is -0.135. The molecule has 56 valence electrons. The van der Waals surface area contributed by atoms with Gasteiger partial charge in [0.1, 0.15) is 0 Å². The Labute approximate surface area is 66.9 Å². The lowest BCUT2D eigenvalue weighted by Crippen LogP contribution is -2.26. The monoisotopic (exact) mass is 206 g/mol. The lowest BCUT2D eigenvalue weighted by molar-refractivity contribution is -0.175. The van der Waals surface area contributed by atoms with Crippen molar-refractivity contribution in [2.75, 3.05) is 5.33 Å². The van der Waals surface area contributed by atoms with E-state index in [1.807, 2.05) is 6.92 Å². The highest BCUT2D eigenvalue weighted by Crippen LogP contribution is 2.04. The van der Waals surface area contributed by atoms with E-state index in [9.17, 15) is 4.79 Å². The summed E-state index contributed by atoms with van der Waals surface area (Å²) in [7, 11) is 0. The molecule has 0 saturated carbocycles. The van der Waals surface area contributed by atoms with Gasteiger partial charge in [-0.15, -0.1) is 4.94 Å². The molecule has 0 spiro atoms. The van der Waals surface area contributed by atoms with Crippen molar-refractivity contribution in [2.24, 2.45) is 0 Å². The number of nitrogens with zero attached hydrogens (tertiary/aromatic N) is 1. The normalized spacial score (nSPS) is 16.6. The number of carbonyl (C=O) groups excluding carboxylic acids is 1. The van der Waals surface area contributed by atoms with Gasteiger partial charge < -0.3 is 0 Å². The second-order valence-electron chi connectivity index (χ2n) is 1.86. The summed E-state index contributed by atoms with van der Waals surface area (Å²) in [5.41, 5.74) is 3.34. The molecule has 0 unspecified atom stereocenters. The van der Waals surface area contributed by atoms with Crippen molar-refractivity contribution in [3.8, 4) is 0 Å². The van der Waals surface area contributed by atoms with E-state index in [1.54, 1.807) is 6.20 Å². The first-order valence-corrected chi connectivity index (χ1v) is 3.85. The Hall–Kier alpha value is -0.550. The van der Waals surface area contributed by atoms with Gasteiger partial charge in [-0.25, -0.2) is 5.48 Å². The number of allylic oxidation sites excluding steroid dienone is 1. The minimum absolute atomic E-state index is 0.135. The molecule has 0 atom stereocenters. The minimum Gasteiger partial charge on any atom is -0.271 e. The van der Waals surface area contributed by atoms with Gasteiger partial charge in [-0.3, -0.25) is 4.79 Å². The quantitative estimate of drug-likeness (QED) is 0.637. The molecule has 0 aromatic heterocycles. The van der Waals surface area contributed by atoms with Crippen LogP contribution in [0, 0.1) is 0 Å². The molecule has 0 aromatic rings. The molecule has 4 nitrogen and oxygen atoms in total. The van der Waals surface area contributed by atoms with Crippen LogP contribution in [-0.2, 0) is 9.73 Å². The fourth-order valence-electron chi connectivity index (χ4n) is 0.532. The van der Waals surface area contributed by atoms with Crippen LogP contribution in [0.15, 0.2) is 11.9 Å². The highest BCUT2D eigenvalue weighted by molar-refractivity contribution is 9.09. The molecule has 1 heterocycles. The Kier molecular flexibility index (Phi) is 2.29. The third-order valence-corrected chi connectivity index (χ3v) is 1.46. The summed E-state index contributed by atoms with van der Waals surface area (Å²) in [6.45, 7) is 1.81. The first kappa shape index (κ1) is 7.56. The molecule has 1 aliphatic rings. The first-order chi connectivity index (χ1) is 4.74. The van der Waals surface area contributed by atoms with Crippen LogP contribution in [0.25, 0.3) is 0 Å². The van der Waals surface area contributed by atoms with Crippen molar-refractivity contribution in [1.29, 1.82) is 0 Å². The van der Waals surface area contributed by atoms with Crippen molar-refractivity contribution in [1.82, 2.24) is 10.5 Å². The van der Waals surface area contributed by atoms with Crippen LogP contribution in [0.1, 0.15) is 6.92 Å². The lowest BCUT2D eigenvalue weighted by atomic mass is 10.5. The standard InChI is InChI=1S/C5H7BrN2O2/c1-4-3-8(10-7-4)5(9)2-6/h3,7H,2H2,1H3. The number of amides is 1. The van der Waals surface area contributed by atoms with Crippen molar-refractivity contribution in [3.05, 3.63) is 11.9 Å². The summed E-state index contributed by atoms with van der Waals surface area (Å²) in [5, 5.41) is 1.41. The minimum atomic E-state index is -0.135. The number of hydrogen-bond donors (Lipinski definition) is 1. The fraction of sp³-hybridized carbons (Fsp3) is 0.400. The van der Waals surface area contributed by atoms with Crippen LogP contribution in [0.4, 0.5) is 0 Å². The third-order valence-electron chi connectivity index (χ3n) is 0.976. The molecular weight excluding hydrogens is 200 g/mol. The highest BCUT2D eigenvalue weighted by Gasteiger charge is 2.15. The predicted molar refractivity (Wildman–Crippen MR) is 38.6 cm³/mol. The maximum Gasteiger partial charge on any atom is 0.262 e. The van der Waals surface area contributed by atoms with Gasteiger partial charge in [0.05, 0.1) is 17.2 Å². The first-order valence-electron chi connectivity index (χ1n) is 2.73. The lowest BCUT2D eigenvalue weighted by Gasteiger charge is -2.07. The molecule has 1 rings (SSSR count). The van der Waals surface area contributed by atoms with Crippen LogP contribution in [0.3, 0.4) is 0 Å². The Bertz CT molecular complexity index is 180. The Morgan fingerprint density at radius 3 is 3.10 bits per heavy atom. The molecule has 0 aliphatic carbocycles. The van der Waals surface area contributed by atoms with Gasteiger partial charge in [0.15, 0.2) is 0 Å². The predicted octanol–water partition coefficient (Wildman–Crippen LogP) is 0.521. The van der Waals surface area contributed by atoms with E-state index in [2.05, 4.69) is 21.4 Å².